The molecule has 3 rings (SSSR count). The number of benzene rings is 1. The van der Waals surface area contributed by atoms with Crippen LogP contribution < -0.4 is 10.2 Å². The third-order valence-electron chi connectivity index (χ3n) is 4.48. The van der Waals surface area contributed by atoms with Crippen molar-refractivity contribution in [3.63, 3.8) is 0 Å². The molecule has 1 fully saturated rings. The Labute approximate surface area is 163 Å². The standard InChI is InChI=1S/C20H25N3O5/c1-13(2)19-18(14(3)22-28-19)20(25)27-12-17(24)21-15-4-6-16(7-5-15)23-8-10-26-11-9-23/h4-7,13H,8-12H2,1-3H3,(H,21,24). The van der Waals surface area contributed by atoms with Crippen molar-refractivity contribution in [2.24, 2.45) is 0 Å². The zero-order valence-electron chi connectivity index (χ0n) is 16.4. The predicted molar refractivity (Wildman–Crippen MR) is 104 cm³/mol. The molecular formula is C20H25N3O5. The average Bonchev–Trinajstić information content (AvgIpc) is 3.09. The summed E-state index contributed by atoms with van der Waals surface area (Å²) in [4.78, 5) is 26.7. The molecule has 28 heavy (non-hydrogen) atoms. The molecule has 2 heterocycles. The Morgan fingerprint density at radius 1 is 1.21 bits per heavy atom. The summed E-state index contributed by atoms with van der Waals surface area (Å²) >= 11 is 0. The molecule has 1 aliphatic heterocycles. The minimum atomic E-state index is -0.611. The summed E-state index contributed by atoms with van der Waals surface area (Å²) in [7, 11) is 0. The Bertz CT molecular complexity index is 823. The summed E-state index contributed by atoms with van der Waals surface area (Å²) < 4.78 is 15.7. The molecule has 8 heteroatoms. The molecule has 0 spiro atoms. The number of rotatable bonds is 6. The normalized spacial score (nSPS) is 14.2. The van der Waals surface area contributed by atoms with E-state index >= 15 is 0 Å². The fraction of sp³-hybridized carbons (Fsp3) is 0.450. The zero-order valence-corrected chi connectivity index (χ0v) is 16.4. The summed E-state index contributed by atoms with van der Waals surface area (Å²) in [5, 5.41) is 6.54. The van der Waals surface area contributed by atoms with Gasteiger partial charge in [0.2, 0.25) is 0 Å². The van der Waals surface area contributed by atoms with Gasteiger partial charge in [0.05, 0.1) is 18.9 Å². The van der Waals surface area contributed by atoms with Gasteiger partial charge in [0.1, 0.15) is 5.56 Å². The maximum Gasteiger partial charge on any atom is 0.344 e. The number of anilines is 2. The number of carbonyl (C=O) groups excluding carboxylic acids is 2. The molecule has 1 aromatic carbocycles. The van der Waals surface area contributed by atoms with Crippen molar-refractivity contribution in [1.29, 1.82) is 0 Å². The zero-order chi connectivity index (χ0) is 20.1. The molecule has 1 N–H and O–H groups in total. The Morgan fingerprint density at radius 2 is 1.89 bits per heavy atom. The quantitative estimate of drug-likeness (QED) is 0.762. The third kappa shape index (κ3) is 4.69. The highest BCUT2D eigenvalue weighted by molar-refractivity contribution is 5.96. The number of ether oxygens (including phenoxy) is 2. The number of aromatic nitrogens is 1. The molecule has 8 nitrogen and oxygen atoms in total. The van der Waals surface area contributed by atoms with E-state index in [0.29, 0.717) is 30.4 Å². The van der Waals surface area contributed by atoms with Crippen LogP contribution in [0.1, 0.15) is 41.6 Å². The molecule has 0 aliphatic carbocycles. The second-order valence-electron chi connectivity index (χ2n) is 6.93. The molecule has 1 aromatic heterocycles. The molecule has 1 amide bonds. The number of nitrogens with zero attached hydrogens (tertiary/aromatic N) is 2. The fourth-order valence-electron chi connectivity index (χ4n) is 3.01. The van der Waals surface area contributed by atoms with Crippen molar-refractivity contribution in [1.82, 2.24) is 5.16 Å². The topological polar surface area (TPSA) is 93.9 Å². The molecular weight excluding hydrogens is 362 g/mol. The molecule has 1 saturated heterocycles. The van der Waals surface area contributed by atoms with Crippen molar-refractivity contribution >= 4 is 23.3 Å². The van der Waals surface area contributed by atoms with Crippen LogP contribution in [0.25, 0.3) is 0 Å². The first-order chi connectivity index (χ1) is 13.5. The van der Waals surface area contributed by atoms with Crippen LogP contribution in [0.2, 0.25) is 0 Å². The molecule has 0 radical (unpaired) electrons. The molecule has 0 saturated carbocycles. The van der Waals surface area contributed by atoms with Crippen molar-refractivity contribution in [3.05, 3.63) is 41.3 Å². The first-order valence-electron chi connectivity index (χ1n) is 9.31. The lowest BCUT2D eigenvalue weighted by Gasteiger charge is -2.28. The molecule has 150 valence electrons. The lowest BCUT2D eigenvalue weighted by Crippen LogP contribution is -2.36. The van der Waals surface area contributed by atoms with E-state index < -0.39 is 11.9 Å². The molecule has 1 aliphatic rings. The number of morpholine rings is 1. The second-order valence-corrected chi connectivity index (χ2v) is 6.93. The number of carbonyl (C=O) groups is 2. The summed E-state index contributed by atoms with van der Waals surface area (Å²) in [6, 6.07) is 7.54. The van der Waals surface area contributed by atoms with E-state index in [9.17, 15) is 9.59 Å². The lowest BCUT2D eigenvalue weighted by atomic mass is 10.1. The van der Waals surface area contributed by atoms with Gasteiger partial charge in [0.15, 0.2) is 12.4 Å². The van der Waals surface area contributed by atoms with Crippen molar-refractivity contribution in [3.8, 4) is 0 Å². The summed E-state index contributed by atoms with van der Waals surface area (Å²) in [6.45, 7) is 8.20. The van der Waals surface area contributed by atoms with Gasteiger partial charge in [0.25, 0.3) is 5.91 Å². The number of esters is 1. The van der Waals surface area contributed by atoms with Crippen LogP contribution in [0, 0.1) is 6.92 Å². The SMILES string of the molecule is Cc1noc(C(C)C)c1C(=O)OCC(=O)Nc1ccc(N2CCOCC2)cc1. The van der Waals surface area contributed by atoms with E-state index in [2.05, 4.69) is 15.4 Å². The average molecular weight is 387 g/mol. The summed E-state index contributed by atoms with van der Waals surface area (Å²) in [5.41, 5.74) is 2.46. The van der Waals surface area contributed by atoms with Gasteiger partial charge >= 0.3 is 5.97 Å². The van der Waals surface area contributed by atoms with Crippen molar-refractivity contribution in [2.45, 2.75) is 26.7 Å². The Morgan fingerprint density at radius 3 is 2.54 bits per heavy atom. The Kier molecular flexibility index (Phi) is 6.30. The van der Waals surface area contributed by atoms with Gasteiger partial charge in [-0.15, -0.1) is 0 Å². The second kappa shape index (κ2) is 8.88. The van der Waals surface area contributed by atoms with Gasteiger partial charge in [-0.3, -0.25) is 4.79 Å². The third-order valence-corrected chi connectivity index (χ3v) is 4.48. The number of nitrogens with one attached hydrogen (secondary N) is 1. The Hall–Kier alpha value is -2.87. The monoisotopic (exact) mass is 387 g/mol. The van der Waals surface area contributed by atoms with Crippen LogP contribution >= 0.6 is 0 Å². The maximum absolute atomic E-state index is 12.3. The highest BCUT2D eigenvalue weighted by atomic mass is 16.5. The van der Waals surface area contributed by atoms with Gasteiger partial charge < -0.3 is 24.2 Å². The largest absolute Gasteiger partial charge is 0.452 e. The van der Waals surface area contributed by atoms with Crippen molar-refractivity contribution in [2.75, 3.05) is 43.1 Å². The van der Waals surface area contributed by atoms with Crippen LogP contribution in [0.4, 0.5) is 11.4 Å². The van der Waals surface area contributed by atoms with E-state index in [1.165, 1.54) is 0 Å². The smallest absolute Gasteiger partial charge is 0.344 e. The van der Waals surface area contributed by atoms with Crippen LogP contribution in [0.3, 0.4) is 0 Å². The van der Waals surface area contributed by atoms with E-state index in [1.807, 2.05) is 38.1 Å². The molecule has 2 aromatic rings. The first kappa shape index (κ1) is 19.9. The van der Waals surface area contributed by atoms with Gasteiger partial charge in [0, 0.05) is 30.4 Å². The van der Waals surface area contributed by atoms with Crippen LogP contribution in [-0.2, 0) is 14.3 Å². The highest BCUT2D eigenvalue weighted by Gasteiger charge is 2.24. The molecule has 0 unspecified atom stereocenters. The predicted octanol–water partition coefficient (Wildman–Crippen LogP) is 2.74. The van der Waals surface area contributed by atoms with Gasteiger partial charge in [-0.2, -0.15) is 0 Å². The van der Waals surface area contributed by atoms with E-state index in [-0.39, 0.29) is 18.1 Å². The Balaban J connectivity index is 1.53. The van der Waals surface area contributed by atoms with Gasteiger partial charge in [-0.05, 0) is 31.2 Å². The number of aryl methyl sites for hydroxylation is 1. The minimum Gasteiger partial charge on any atom is -0.452 e. The van der Waals surface area contributed by atoms with E-state index in [4.69, 9.17) is 14.0 Å². The van der Waals surface area contributed by atoms with E-state index in [1.54, 1.807) is 6.92 Å². The lowest BCUT2D eigenvalue weighted by molar-refractivity contribution is -0.119. The van der Waals surface area contributed by atoms with Crippen LogP contribution in [0.5, 0.6) is 0 Å². The number of amides is 1. The molecule has 0 bridgehead atoms. The summed E-state index contributed by atoms with van der Waals surface area (Å²) in [5.74, 6) is -0.572. The molecule has 0 atom stereocenters. The minimum absolute atomic E-state index is 0.0115. The van der Waals surface area contributed by atoms with E-state index in [0.717, 1.165) is 18.8 Å². The number of hydrogen-bond donors (Lipinski definition) is 1. The number of hydrogen-bond acceptors (Lipinski definition) is 7. The van der Waals surface area contributed by atoms with Crippen molar-refractivity contribution < 1.29 is 23.6 Å². The fourth-order valence-corrected chi connectivity index (χ4v) is 3.01. The first-order valence-corrected chi connectivity index (χ1v) is 9.31. The highest BCUT2D eigenvalue weighted by Crippen LogP contribution is 2.23. The van der Waals surface area contributed by atoms with Crippen LogP contribution in [-0.4, -0.2) is 49.9 Å². The maximum atomic E-state index is 12.3. The van der Waals surface area contributed by atoms with Crippen LogP contribution in [0.15, 0.2) is 28.8 Å². The summed E-state index contributed by atoms with van der Waals surface area (Å²) in [6.07, 6.45) is 0. The van der Waals surface area contributed by atoms with Gasteiger partial charge in [-0.25, -0.2) is 4.79 Å². The van der Waals surface area contributed by atoms with Gasteiger partial charge in [-0.1, -0.05) is 19.0 Å².